The Hall–Kier alpha value is -2.37. The van der Waals surface area contributed by atoms with Gasteiger partial charge in [0, 0.05) is 7.05 Å². The summed E-state index contributed by atoms with van der Waals surface area (Å²) < 4.78 is 5.00. The van der Waals surface area contributed by atoms with Crippen molar-refractivity contribution in [1.29, 1.82) is 0 Å². The van der Waals surface area contributed by atoms with Gasteiger partial charge in [0.05, 0.1) is 12.8 Å². The number of benzene rings is 1. The van der Waals surface area contributed by atoms with Gasteiger partial charge in [-0.1, -0.05) is 0 Å². The van der Waals surface area contributed by atoms with Crippen molar-refractivity contribution in [3.05, 3.63) is 35.7 Å². The van der Waals surface area contributed by atoms with Gasteiger partial charge in [0.15, 0.2) is 5.70 Å². The Morgan fingerprint density at radius 3 is 2.39 bits per heavy atom. The SMILES string of the molecule is CNC(=O)/C(N=Nc1ccc(OC)cc1)=C(/C)O. The Morgan fingerprint density at radius 1 is 1.33 bits per heavy atom. The molecule has 0 atom stereocenters. The van der Waals surface area contributed by atoms with Gasteiger partial charge in [-0.25, -0.2) is 0 Å². The van der Waals surface area contributed by atoms with Crippen molar-refractivity contribution < 1.29 is 14.6 Å². The van der Waals surface area contributed by atoms with E-state index >= 15 is 0 Å². The molecule has 0 saturated carbocycles. The normalized spacial score (nSPS) is 12.2. The molecule has 0 aliphatic heterocycles. The van der Waals surface area contributed by atoms with Crippen LogP contribution in [0, 0.1) is 0 Å². The van der Waals surface area contributed by atoms with E-state index in [1.807, 2.05) is 0 Å². The average Bonchev–Trinajstić information content (AvgIpc) is 2.39. The summed E-state index contributed by atoms with van der Waals surface area (Å²) in [6.45, 7) is 1.37. The van der Waals surface area contributed by atoms with Crippen molar-refractivity contribution >= 4 is 11.6 Å². The van der Waals surface area contributed by atoms with Crippen LogP contribution in [-0.2, 0) is 4.79 Å². The number of allylic oxidation sites excluding steroid dienone is 1. The molecule has 0 spiro atoms. The lowest BCUT2D eigenvalue weighted by molar-refractivity contribution is -0.117. The van der Waals surface area contributed by atoms with Crippen LogP contribution >= 0.6 is 0 Å². The van der Waals surface area contributed by atoms with Crippen molar-refractivity contribution in [1.82, 2.24) is 5.32 Å². The van der Waals surface area contributed by atoms with E-state index in [1.54, 1.807) is 31.4 Å². The number of hydrogen-bond donors (Lipinski definition) is 2. The lowest BCUT2D eigenvalue weighted by Gasteiger charge is -2.01. The fourth-order valence-electron chi connectivity index (χ4n) is 1.16. The minimum Gasteiger partial charge on any atom is -0.510 e. The summed E-state index contributed by atoms with van der Waals surface area (Å²) in [7, 11) is 3.02. The number of aliphatic hydroxyl groups is 1. The van der Waals surface area contributed by atoms with E-state index < -0.39 is 5.91 Å². The Morgan fingerprint density at radius 2 is 1.94 bits per heavy atom. The van der Waals surface area contributed by atoms with Crippen LogP contribution in [0.15, 0.2) is 46.0 Å². The summed E-state index contributed by atoms with van der Waals surface area (Å²) in [6.07, 6.45) is 0. The molecule has 1 rings (SSSR count). The molecule has 0 aliphatic rings. The lowest BCUT2D eigenvalue weighted by atomic mass is 10.3. The predicted molar refractivity (Wildman–Crippen MR) is 66.9 cm³/mol. The number of likely N-dealkylation sites (N-methyl/N-ethyl adjacent to an activating group) is 1. The minimum atomic E-state index is -0.493. The maximum Gasteiger partial charge on any atom is 0.275 e. The van der Waals surface area contributed by atoms with Gasteiger partial charge in [0.2, 0.25) is 0 Å². The van der Waals surface area contributed by atoms with Crippen molar-refractivity contribution in [3.63, 3.8) is 0 Å². The van der Waals surface area contributed by atoms with Gasteiger partial charge in [-0.05, 0) is 31.2 Å². The third kappa shape index (κ3) is 3.58. The average molecular weight is 249 g/mol. The summed E-state index contributed by atoms with van der Waals surface area (Å²) in [6, 6.07) is 6.83. The fraction of sp³-hybridized carbons (Fsp3) is 0.250. The van der Waals surface area contributed by atoms with Crippen molar-refractivity contribution in [3.8, 4) is 5.75 Å². The second kappa shape index (κ2) is 6.39. The van der Waals surface area contributed by atoms with Crippen LogP contribution in [0.25, 0.3) is 0 Å². The molecule has 0 bridgehead atoms. The number of rotatable bonds is 4. The van der Waals surface area contributed by atoms with E-state index in [9.17, 15) is 9.90 Å². The van der Waals surface area contributed by atoms with E-state index in [-0.39, 0.29) is 11.5 Å². The molecular formula is C12H15N3O3. The molecule has 18 heavy (non-hydrogen) atoms. The quantitative estimate of drug-likeness (QED) is 0.488. The van der Waals surface area contributed by atoms with Gasteiger partial charge in [-0.2, -0.15) is 5.11 Å². The number of methoxy groups -OCH3 is 1. The van der Waals surface area contributed by atoms with Crippen molar-refractivity contribution in [2.75, 3.05) is 14.2 Å². The number of nitrogens with one attached hydrogen (secondary N) is 1. The van der Waals surface area contributed by atoms with Crippen molar-refractivity contribution in [2.24, 2.45) is 10.2 Å². The summed E-state index contributed by atoms with van der Waals surface area (Å²) in [5.74, 6) is 0.0215. The first-order valence-corrected chi connectivity index (χ1v) is 5.26. The van der Waals surface area contributed by atoms with Crippen molar-refractivity contribution in [2.45, 2.75) is 6.92 Å². The summed E-state index contributed by atoms with van der Waals surface area (Å²) in [5, 5.41) is 19.3. The molecule has 1 aromatic carbocycles. The first-order valence-electron chi connectivity index (χ1n) is 5.26. The molecule has 0 unspecified atom stereocenters. The van der Waals surface area contributed by atoms with E-state index in [0.717, 1.165) is 0 Å². The first-order chi connectivity index (χ1) is 8.58. The highest BCUT2D eigenvalue weighted by Crippen LogP contribution is 2.19. The van der Waals surface area contributed by atoms with Crippen LogP contribution in [0.4, 0.5) is 5.69 Å². The number of aliphatic hydroxyl groups excluding tert-OH is 1. The van der Waals surface area contributed by atoms with Gasteiger partial charge in [0.1, 0.15) is 11.5 Å². The highest BCUT2D eigenvalue weighted by Gasteiger charge is 2.10. The van der Waals surface area contributed by atoms with Gasteiger partial charge in [0.25, 0.3) is 5.91 Å². The number of hydrogen-bond acceptors (Lipinski definition) is 5. The standard InChI is InChI=1S/C12H15N3O3/c1-8(16)11(12(17)13-2)15-14-9-4-6-10(18-3)7-5-9/h4-7,16H,1-3H3,(H,13,17)/b11-8+,15-14?. The number of carbonyl (C=O) groups is 1. The largest absolute Gasteiger partial charge is 0.510 e. The van der Waals surface area contributed by atoms with Gasteiger partial charge in [-0.3, -0.25) is 4.79 Å². The van der Waals surface area contributed by atoms with Crippen LogP contribution in [0.5, 0.6) is 5.75 Å². The molecule has 6 nitrogen and oxygen atoms in total. The van der Waals surface area contributed by atoms with Gasteiger partial charge >= 0.3 is 0 Å². The van der Waals surface area contributed by atoms with Crippen LogP contribution in [0.3, 0.4) is 0 Å². The molecule has 0 fully saturated rings. The number of carbonyl (C=O) groups excluding carboxylic acids is 1. The van der Waals surface area contributed by atoms with Crippen LogP contribution in [-0.4, -0.2) is 25.2 Å². The summed E-state index contributed by atoms with van der Waals surface area (Å²) >= 11 is 0. The molecule has 0 saturated heterocycles. The zero-order valence-electron chi connectivity index (χ0n) is 10.5. The molecule has 0 radical (unpaired) electrons. The maximum absolute atomic E-state index is 11.4. The molecule has 0 heterocycles. The van der Waals surface area contributed by atoms with E-state index in [1.165, 1.54) is 14.0 Å². The monoisotopic (exact) mass is 249 g/mol. The smallest absolute Gasteiger partial charge is 0.275 e. The second-order valence-electron chi connectivity index (χ2n) is 3.41. The Labute approximate surface area is 105 Å². The Kier molecular flexibility index (Phi) is 4.86. The Bertz CT molecular complexity index is 474. The highest BCUT2D eigenvalue weighted by atomic mass is 16.5. The lowest BCUT2D eigenvalue weighted by Crippen LogP contribution is -2.20. The minimum absolute atomic E-state index is 0.117. The van der Waals surface area contributed by atoms with E-state index in [4.69, 9.17) is 4.74 Å². The molecule has 0 aromatic heterocycles. The maximum atomic E-state index is 11.4. The molecule has 0 aliphatic carbocycles. The first kappa shape index (κ1) is 13.7. The van der Waals surface area contributed by atoms with Gasteiger partial charge < -0.3 is 15.2 Å². The summed E-state index contributed by atoms with van der Waals surface area (Å²) in [5.41, 5.74) is 0.437. The zero-order valence-corrected chi connectivity index (χ0v) is 10.5. The van der Waals surface area contributed by atoms with Gasteiger partial charge in [-0.15, -0.1) is 5.11 Å². The zero-order chi connectivity index (χ0) is 13.5. The molecule has 96 valence electrons. The number of amides is 1. The molecule has 1 aromatic rings. The van der Waals surface area contributed by atoms with Crippen LogP contribution in [0.1, 0.15) is 6.92 Å². The molecule has 1 amide bonds. The molecule has 6 heteroatoms. The number of azo groups is 1. The molecular weight excluding hydrogens is 234 g/mol. The number of ether oxygens (including phenoxy) is 1. The third-order valence-electron chi connectivity index (χ3n) is 2.12. The van der Waals surface area contributed by atoms with E-state index in [2.05, 4.69) is 15.5 Å². The Balaban J connectivity index is 2.90. The molecule has 2 N–H and O–H groups in total. The number of nitrogens with zero attached hydrogens (tertiary/aromatic N) is 2. The second-order valence-corrected chi connectivity index (χ2v) is 3.41. The predicted octanol–water partition coefficient (Wildman–Crippen LogP) is 2.31. The van der Waals surface area contributed by atoms with Crippen LogP contribution < -0.4 is 10.1 Å². The fourth-order valence-corrected chi connectivity index (χ4v) is 1.16. The topological polar surface area (TPSA) is 83.3 Å². The third-order valence-corrected chi connectivity index (χ3v) is 2.12. The van der Waals surface area contributed by atoms with E-state index in [0.29, 0.717) is 11.4 Å². The van der Waals surface area contributed by atoms with Crippen LogP contribution in [0.2, 0.25) is 0 Å². The summed E-state index contributed by atoms with van der Waals surface area (Å²) in [4.78, 5) is 11.4. The highest BCUT2D eigenvalue weighted by molar-refractivity contribution is 5.93.